The van der Waals surface area contributed by atoms with Gasteiger partial charge in [0.2, 0.25) is 17.7 Å². The van der Waals surface area contributed by atoms with Crippen molar-refractivity contribution in [1.29, 1.82) is 0 Å². The standard InChI is InChI=1S/C20H20N2O3/c1-10-4-2-3-5-15(10)21-16(23)9-22-19(24)17-11-6-7-12(14-8-13(11)14)18(17)20(22)25/h2-7,11-14,17-18H,8-9H2,1H3,(H,21,23). The van der Waals surface area contributed by atoms with Crippen molar-refractivity contribution in [1.82, 2.24) is 4.90 Å². The molecule has 5 aliphatic rings. The number of nitrogens with zero attached hydrogens (tertiary/aromatic N) is 1. The van der Waals surface area contributed by atoms with Crippen LogP contribution in [0.25, 0.3) is 0 Å². The van der Waals surface area contributed by atoms with Crippen molar-refractivity contribution >= 4 is 23.4 Å². The van der Waals surface area contributed by atoms with Gasteiger partial charge >= 0.3 is 0 Å². The van der Waals surface area contributed by atoms with Crippen LogP contribution in [0.3, 0.4) is 0 Å². The summed E-state index contributed by atoms with van der Waals surface area (Å²) in [6.07, 6.45) is 5.42. The third kappa shape index (κ3) is 2.04. The Morgan fingerprint density at radius 3 is 2.28 bits per heavy atom. The molecule has 2 saturated carbocycles. The maximum absolute atomic E-state index is 12.9. The van der Waals surface area contributed by atoms with Crippen LogP contribution in [0.1, 0.15) is 12.0 Å². The van der Waals surface area contributed by atoms with Gasteiger partial charge in [-0.2, -0.15) is 0 Å². The van der Waals surface area contributed by atoms with Gasteiger partial charge in [-0.15, -0.1) is 0 Å². The van der Waals surface area contributed by atoms with Gasteiger partial charge in [0.25, 0.3) is 0 Å². The highest BCUT2D eigenvalue weighted by molar-refractivity contribution is 6.09. The predicted molar refractivity (Wildman–Crippen MR) is 91.2 cm³/mol. The molecule has 5 nitrogen and oxygen atoms in total. The van der Waals surface area contributed by atoms with Crippen LogP contribution in [-0.2, 0) is 14.4 Å². The summed E-state index contributed by atoms with van der Waals surface area (Å²) in [5.74, 6) is 0.443. The number of imide groups is 1. The van der Waals surface area contributed by atoms with Crippen LogP contribution >= 0.6 is 0 Å². The minimum atomic E-state index is -0.319. The molecule has 1 heterocycles. The molecular formula is C20H20N2O3. The minimum absolute atomic E-state index is 0.153. The number of carbonyl (C=O) groups is 3. The van der Waals surface area contributed by atoms with E-state index >= 15 is 0 Å². The van der Waals surface area contributed by atoms with E-state index in [9.17, 15) is 14.4 Å². The Morgan fingerprint density at radius 2 is 1.68 bits per heavy atom. The molecule has 5 heteroatoms. The first-order valence-corrected chi connectivity index (χ1v) is 8.95. The molecule has 1 N–H and O–H groups in total. The largest absolute Gasteiger partial charge is 0.324 e. The normalized spacial score (nSPS) is 37.1. The van der Waals surface area contributed by atoms with Crippen molar-refractivity contribution in [2.24, 2.45) is 35.5 Å². The van der Waals surface area contributed by atoms with Crippen LogP contribution in [0.4, 0.5) is 5.69 Å². The first-order valence-electron chi connectivity index (χ1n) is 8.95. The Balaban J connectivity index is 1.34. The van der Waals surface area contributed by atoms with Gasteiger partial charge in [-0.05, 0) is 48.6 Å². The fourth-order valence-corrected chi connectivity index (χ4v) is 5.22. The van der Waals surface area contributed by atoms with Gasteiger partial charge in [0, 0.05) is 5.69 Å². The van der Waals surface area contributed by atoms with Gasteiger partial charge < -0.3 is 5.32 Å². The lowest BCUT2D eigenvalue weighted by atomic mass is 9.63. The van der Waals surface area contributed by atoms with Gasteiger partial charge in [0.1, 0.15) is 6.54 Å². The molecular weight excluding hydrogens is 316 g/mol. The van der Waals surface area contributed by atoms with Gasteiger partial charge in [0.15, 0.2) is 0 Å². The second-order valence-corrected chi connectivity index (χ2v) is 7.78. The number of rotatable bonds is 3. The highest BCUT2D eigenvalue weighted by atomic mass is 16.2. The molecule has 128 valence electrons. The smallest absolute Gasteiger partial charge is 0.244 e. The molecule has 25 heavy (non-hydrogen) atoms. The van der Waals surface area contributed by atoms with E-state index in [-0.39, 0.29) is 47.9 Å². The van der Waals surface area contributed by atoms with E-state index in [1.54, 1.807) is 0 Å². The summed E-state index contributed by atoms with van der Waals surface area (Å²) in [6.45, 7) is 1.72. The van der Waals surface area contributed by atoms with E-state index in [2.05, 4.69) is 17.5 Å². The molecule has 0 radical (unpaired) electrons. The summed E-state index contributed by atoms with van der Waals surface area (Å²) < 4.78 is 0. The molecule has 1 aromatic carbocycles. The van der Waals surface area contributed by atoms with Crippen LogP contribution in [-0.4, -0.2) is 29.2 Å². The summed E-state index contributed by atoms with van der Waals surface area (Å²) in [7, 11) is 0. The van der Waals surface area contributed by atoms with Gasteiger partial charge in [0.05, 0.1) is 11.8 Å². The highest BCUT2D eigenvalue weighted by Crippen LogP contribution is 2.65. The number of para-hydroxylation sites is 1. The number of hydrogen-bond acceptors (Lipinski definition) is 3. The molecule has 6 rings (SSSR count). The summed E-state index contributed by atoms with van der Waals surface area (Å²) in [6, 6.07) is 7.47. The number of aryl methyl sites for hydroxylation is 1. The second kappa shape index (κ2) is 5.04. The topological polar surface area (TPSA) is 66.5 Å². The second-order valence-electron chi connectivity index (χ2n) is 7.78. The lowest BCUT2D eigenvalue weighted by Crippen LogP contribution is -2.40. The fourth-order valence-electron chi connectivity index (χ4n) is 5.22. The van der Waals surface area contributed by atoms with E-state index in [0.717, 1.165) is 12.0 Å². The first kappa shape index (κ1) is 14.9. The molecule has 1 aliphatic heterocycles. The number of likely N-dealkylation sites (tertiary alicyclic amines) is 1. The van der Waals surface area contributed by atoms with Crippen LogP contribution in [0.15, 0.2) is 36.4 Å². The number of amides is 3. The van der Waals surface area contributed by atoms with Crippen LogP contribution in [0.5, 0.6) is 0 Å². The molecule has 1 saturated heterocycles. The van der Waals surface area contributed by atoms with Gasteiger partial charge in [-0.3, -0.25) is 19.3 Å². The summed E-state index contributed by atoms with van der Waals surface area (Å²) in [5, 5.41) is 2.81. The molecule has 4 aliphatic carbocycles. The molecule has 0 spiro atoms. The van der Waals surface area contributed by atoms with Crippen molar-refractivity contribution in [3.63, 3.8) is 0 Å². The SMILES string of the molecule is Cc1ccccc1NC(=O)CN1C(=O)C2C3C=CC(C4CC34)C2C1=O. The quantitative estimate of drug-likeness (QED) is 0.678. The van der Waals surface area contributed by atoms with Crippen molar-refractivity contribution in [2.75, 3.05) is 11.9 Å². The number of allylic oxidation sites excluding steroid dienone is 2. The minimum Gasteiger partial charge on any atom is -0.324 e. The fraction of sp³-hybridized carbons (Fsp3) is 0.450. The summed E-state index contributed by atoms with van der Waals surface area (Å²) in [4.78, 5) is 39.3. The molecule has 0 aromatic heterocycles. The average molecular weight is 336 g/mol. The monoisotopic (exact) mass is 336 g/mol. The van der Waals surface area contributed by atoms with Crippen LogP contribution < -0.4 is 5.32 Å². The number of anilines is 1. The summed E-state index contributed by atoms with van der Waals surface area (Å²) >= 11 is 0. The van der Waals surface area contributed by atoms with Crippen molar-refractivity contribution in [2.45, 2.75) is 13.3 Å². The van der Waals surface area contributed by atoms with E-state index in [4.69, 9.17) is 0 Å². The van der Waals surface area contributed by atoms with Crippen LogP contribution in [0, 0.1) is 42.4 Å². The average Bonchev–Trinajstić information content (AvgIpc) is 3.38. The third-order valence-corrected chi connectivity index (χ3v) is 6.47. The van der Waals surface area contributed by atoms with Crippen molar-refractivity contribution < 1.29 is 14.4 Å². The van der Waals surface area contributed by atoms with Crippen LogP contribution in [0.2, 0.25) is 0 Å². The van der Waals surface area contributed by atoms with E-state index < -0.39 is 0 Å². The molecule has 3 fully saturated rings. The molecule has 2 bridgehead atoms. The van der Waals surface area contributed by atoms with E-state index in [0.29, 0.717) is 17.5 Å². The van der Waals surface area contributed by atoms with Gasteiger partial charge in [-0.1, -0.05) is 30.4 Å². The third-order valence-electron chi connectivity index (χ3n) is 6.47. The zero-order valence-corrected chi connectivity index (χ0v) is 14.0. The number of nitrogens with one attached hydrogen (secondary N) is 1. The Bertz CT molecular complexity index is 794. The first-order chi connectivity index (χ1) is 12.1. The Hall–Kier alpha value is -2.43. The molecule has 1 aromatic rings. The Morgan fingerprint density at radius 1 is 1.08 bits per heavy atom. The number of hydrogen-bond donors (Lipinski definition) is 1. The Labute approximate surface area is 146 Å². The molecule has 3 amide bonds. The van der Waals surface area contributed by atoms with E-state index in [1.807, 2.05) is 31.2 Å². The van der Waals surface area contributed by atoms with Crippen molar-refractivity contribution in [3.05, 3.63) is 42.0 Å². The molecule has 6 unspecified atom stereocenters. The highest BCUT2D eigenvalue weighted by Gasteiger charge is 2.67. The summed E-state index contributed by atoms with van der Waals surface area (Å²) in [5.41, 5.74) is 1.66. The lowest BCUT2D eigenvalue weighted by Gasteiger charge is -2.37. The maximum Gasteiger partial charge on any atom is 0.244 e. The molecule has 6 atom stereocenters. The van der Waals surface area contributed by atoms with E-state index in [1.165, 1.54) is 4.90 Å². The zero-order chi connectivity index (χ0) is 17.3. The van der Waals surface area contributed by atoms with Crippen molar-refractivity contribution in [3.8, 4) is 0 Å². The predicted octanol–water partition coefficient (Wildman–Crippen LogP) is 1.99. The van der Waals surface area contributed by atoms with Gasteiger partial charge in [-0.25, -0.2) is 0 Å². The Kier molecular flexibility index (Phi) is 3.00. The maximum atomic E-state index is 12.9. The zero-order valence-electron chi connectivity index (χ0n) is 14.0. The number of carbonyl (C=O) groups excluding carboxylic acids is 3. The lowest BCUT2D eigenvalue weighted by molar-refractivity contribution is -0.142. The number of benzene rings is 1.